The van der Waals surface area contributed by atoms with Crippen LogP contribution in [0.15, 0.2) is 41.5 Å². The van der Waals surface area contributed by atoms with Crippen LogP contribution in [0, 0.1) is 11.2 Å². The summed E-state index contributed by atoms with van der Waals surface area (Å²) in [7, 11) is 0. The number of hydrogen-bond acceptors (Lipinski definition) is 2. The van der Waals surface area contributed by atoms with Crippen molar-refractivity contribution in [2.45, 2.75) is 39.7 Å². The van der Waals surface area contributed by atoms with Gasteiger partial charge in [-0.3, -0.25) is 4.99 Å². The zero-order chi connectivity index (χ0) is 14.8. The van der Waals surface area contributed by atoms with E-state index >= 15 is 0 Å². The van der Waals surface area contributed by atoms with Gasteiger partial charge in [-0.15, -0.1) is 0 Å². The summed E-state index contributed by atoms with van der Waals surface area (Å²) in [4.78, 5) is 4.53. The van der Waals surface area contributed by atoms with Crippen LogP contribution in [-0.2, 0) is 4.74 Å². The van der Waals surface area contributed by atoms with E-state index < -0.39 is 0 Å². The molecule has 0 bridgehead atoms. The lowest BCUT2D eigenvalue weighted by Crippen LogP contribution is -2.21. The first kappa shape index (κ1) is 14.9. The molecule has 0 aromatic heterocycles. The van der Waals surface area contributed by atoms with Gasteiger partial charge in [0.2, 0.25) is 0 Å². The summed E-state index contributed by atoms with van der Waals surface area (Å²) in [5.74, 6) is -0.218. The minimum absolute atomic E-state index is 0.000313. The van der Waals surface area contributed by atoms with Crippen LogP contribution < -0.4 is 0 Å². The molecular weight excluding hydrogens is 253 g/mol. The van der Waals surface area contributed by atoms with Gasteiger partial charge in [-0.2, -0.15) is 0 Å². The highest BCUT2D eigenvalue weighted by atomic mass is 19.1. The Morgan fingerprint density at radius 2 is 2.05 bits per heavy atom. The third-order valence-corrected chi connectivity index (χ3v) is 4.03. The molecule has 0 spiro atoms. The van der Waals surface area contributed by atoms with Crippen LogP contribution in [0.3, 0.4) is 0 Å². The second-order valence-corrected chi connectivity index (χ2v) is 5.69. The zero-order valence-corrected chi connectivity index (χ0v) is 12.4. The summed E-state index contributed by atoms with van der Waals surface area (Å²) < 4.78 is 18.9. The van der Waals surface area contributed by atoms with E-state index in [1.807, 2.05) is 13.8 Å². The van der Waals surface area contributed by atoms with Crippen LogP contribution >= 0.6 is 0 Å². The molecular formula is C17H22FNO. The van der Waals surface area contributed by atoms with Crippen molar-refractivity contribution in [3.63, 3.8) is 0 Å². The van der Waals surface area contributed by atoms with Crippen LogP contribution in [0.4, 0.5) is 4.39 Å². The minimum Gasteiger partial charge on any atom is -0.373 e. The van der Waals surface area contributed by atoms with Crippen molar-refractivity contribution in [2.75, 3.05) is 6.61 Å². The average molecular weight is 275 g/mol. The first-order valence-electron chi connectivity index (χ1n) is 7.05. The predicted molar refractivity (Wildman–Crippen MR) is 80.4 cm³/mol. The van der Waals surface area contributed by atoms with Crippen molar-refractivity contribution in [3.8, 4) is 0 Å². The maximum absolute atomic E-state index is 13.0. The Morgan fingerprint density at radius 1 is 1.40 bits per heavy atom. The normalized spacial score (nSPS) is 25.5. The van der Waals surface area contributed by atoms with Gasteiger partial charge in [0, 0.05) is 16.8 Å². The van der Waals surface area contributed by atoms with E-state index in [0.29, 0.717) is 6.61 Å². The van der Waals surface area contributed by atoms with E-state index in [2.05, 4.69) is 18.5 Å². The lowest BCUT2D eigenvalue weighted by molar-refractivity contribution is 0.0992. The second-order valence-electron chi connectivity index (χ2n) is 5.69. The van der Waals surface area contributed by atoms with Gasteiger partial charge in [0.15, 0.2) is 0 Å². The summed E-state index contributed by atoms with van der Waals surface area (Å²) >= 11 is 0. The Hall–Kier alpha value is -1.48. The smallest absolute Gasteiger partial charge is 0.123 e. The van der Waals surface area contributed by atoms with E-state index in [9.17, 15) is 4.39 Å². The monoisotopic (exact) mass is 275 g/mol. The number of benzene rings is 1. The molecule has 2 atom stereocenters. The van der Waals surface area contributed by atoms with Crippen LogP contribution in [0.5, 0.6) is 0 Å². The number of halogens is 1. The second kappa shape index (κ2) is 5.88. The predicted octanol–water partition coefficient (Wildman–Crippen LogP) is 4.68. The van der Waals surface area contributed by atoms with Crippen molar-refractivity contribution in [2.24, 2.45) is 10.4 Å². The molecule has 0 aliphatic carbocycles. The standard InChI is InChI=1S/C17H22FNO/c1-5-17(13(4)19-12(2)3)10-16(20-11-17)14-6-8-15(18)9-7-14/h6-9,16H,4-5,10-11H2,1-3H3/t16-,17+/m1/s1. The van der Waals surface area contributed by atoms with Gasteiger partial charge < -0.3 is 4.74 Å². The molecule has 20 heavy (non-hydrogen) atoms. The van der Waals surface area contributed by atoms with E-state index in [4.69, 9.17) is 4.74 Å². The summed E-state index contributed by atoms with van der Waals surface area (Å²) in [6.45, 7) is 10.8. The molecule has 1 saturated heterocycles. The summed E-state index contributed by atoms with van der Waals surface area (Å²) in [5, 5.41) is 0. The number of nitrogens with zero attached hydrogens (tertiary/aromatic N) is 1. The Labute approximate surface area is 120 Å². The van der Waals surface area contributed by atoms with Crippen LogP contribution in [0.1, 0.15) is 45.3 Å². The summed E-state index contributed by atoms with van der Waals surface area (Å²) in [6, 6.07) is 6.55. The summed E-state index contributed by atoms with van der Waals surface area (Å²) in [6.07, 6.45) is 1.80. The fourth-order valence-corrected chi connectivity index (χ4v) is 2.66. The quantitative estimate of drug-likeness (QED) is 0.731. The molecule has 1 aromatic rings. The third-order valence-electron chi connectivity index (χ3n) is 4.03. The molecule has 3 heteroatoms. The van der Waals surface area contributed by atoms with Gasteiger partial charge >= 0.3 is 0 Å². The van der Waals surface area contributed by atoms with Gasteiger partial charge in [0.1, 0.15) is 5.82 Å². The number of aliphatic imine (C=N–C) groups is 1. The van der Waals surface area contributed by atoms with Crippen LogP contribution in [-0.4, -0.2) is 12.3 Å². The Balaban J connectivity index is 2.18. The van der Waals surface area contributed by atoms with Crippen molar-refractivity contribution < 1.29 is 9.13 Å². The van der Waals surface area contributed by atoms with Crippen LogP contribution in [0.2, 0.25) is 0 Å². The van der Waals surface area contributed by atoms with Crippen molar-refractivity contribution >= 4 is 5.71 Å². The third kappa shape index (κ3) is 2.98. The molecule has 0 saturated carbocycles. The maximum atomic E-state index is 13.0. The highest BCUT2D eigenvalue weighted by Gasteiger charge is 2.41. The topological polar surface area (TPSA) is 21.6 Å². The molecule has 108 valence electrons. The highest BCUT2D eigenvalue weighted by molar-refractivity contribution is 5.80. The largest absolute Gasteiger partial charge is 0.373 e. The van der Waals surface area contributed by atoms with E-state index in [1.54, 1.807) is 12.1 Å². The lowest BCUT2D eigenvalue weighted by Gasteiger charge is -2.26. The van der Waals surface area contributed by atoms with E-state index in [-0.39, 0.29) is 17.3 Å². The Morgan fingerprint density at radius 3 is 2.60 bits per heavy atom. The fourth-order valence-electron chi connectivity index (χ4n) is 2.66. The molecule has 1 aromatic carbocycles. The van der Waals surface area contributed by atoms with Gasteiger partial charge in [-0.25, -0.2) is 4.39 Å². The van der Waals surface area contributed by atoms with Gasteiger partial charge in [-0.1, -0.05) is 25.6 Å². The van der Waals surface area contributed by atoms with E-state index in [1.165, 1.54) is 12.1 Å². The molecule has 1 fully saturated rings. The van der Waals surface area contributed by atoms with Gasteiger partial charge in [-0.05, 0) is 44.4 Å². The Bertz CT molecular complexity index is 516. The highest BCUT2D eigenvalue weighted by Crippen LogP contribution is 2.47. The van der Waals surface area contributed by atoms with Gasteiger partial charge in [0.05, 0.1) is 12.7 Å². The molecule has 0 N–H and O–H groups in total. The summed E-state index contributed by atoms with van der Waals surface area (Å²) in [5.41, 5.74) is 2.82. The maximum Gasteiger partial charge on any atom is 0.123 e. The minimum atomic E-state index is -0.218. The molecule has 0 amide bonds. The number of hydrogen-bond donors (Lipinski definition) is 0. The lowest BCUT2D eigenvalue weighted by atomic mass is 9.79. The zero-order valence-electron chi connectivity index (χ0n) is 12.4. The van der Waals surface area contributed by atoms with Gasteiger partial charge in [0.25, 0.3) is 0 Å². The van der Waals surface area contributed by atoms with E-state index in [0.717, 1.165) is 29.8 Å². The van der Waals surface area contributed by atoms with Crippen molar-refractivity contribution in [1.29, 1.82) is 0 Å². The molecule has 1 aliphatic rings. The average Bonchev–Trinajstić information content (AvgIpc) is 2.84. The van der Waals surface area contributed by atoms with Crippen molar-refractivity contribution in [1.82, 2.24) is 0 Å². The SMILES string of the molecule is C=C(N=C(C)C)[C@]1(CC)CO[C@@H](c2ccc(F)cc2)C1. The first-order chi connectivity index (χ1) is 9.47. The number of rotatable bonds is 4. The molecule has 1 heterocycles. The van der Waals surface area contributed by atoms with Crippen LogP contribution in [0.25, 0.3) is 0 Å². The first-order valence-corrected chi connectivity index (χ1v) is 7.05. The molecule has 0 radical (unpaired) electrons. The fraction of sp³-hybridized carbons (Fsp3) is 0.471. The molecule has 2 nitrogen and oxygen atoms in total. The van der Waals surface area contributed by atoms with Crippen molar-refractivity contribution in [3.05, 3.63) is 47.9 Å². The molecule has 2 rings (SSSR count). The molecule has 0 unspecified atom stereocenters. The molecule has 1 aliphatic heterocycles. The Kier molecular flexibility index (Phi) is 4.39. The number of ether oxygens (including phenoxy) is 1.